The zero-order valence-corrected chi connectivity index (χ0v) is 14.8. The maximum Gasteiger partial charge on any atom is 0.165 e. The lowest BCUT2D eigenvalue weighted by Crippen LogP contribution is -2.39. The molecule has 3 nitrogen and oxygen atoms in total. The zero-order valence-electron chi connectivity index (χ0n) is 13.3. The van der Waals surface area contributed by atoms with Crippen molar-refractivity contribution in [2.24, 2.45) is 0 Å². The van der Waals surface area contributed by atoms with Gasteiger partial charge in [-0.05, 0) is 37.5 Å². The van der Waals surface area contributed by atoms with E-state index >= 15 is 0 Å². The van der Waals surface area contributed by atoms with Gasteiger partial charge in [0.1, 0.15) is 0 Å². The predicted octanol–water partition coefficient (Wildman–Crippen LogP) is 4.93. The van der Waals surface area contributed by atoms with Crippen LogP contribution in [0.15, 0.2) is 35.6 Å². The van der Waals surface area contributed by atoms with Crippen molar-refractivity contribution in [2.75, 3.05) is 5.75 Å². The van der Waals surface area contributed by atoms with Gasteiger partial charge < -0.3 is 4.98 Å². The number of hydrogen-bond donors (Lipinski definition) is 1. The van der Waals surface area contributed by atoms with Crippen LogP contribution in [-0.4, -0.2) is 21.5 Å². The van der Waals surface area contributed by atoms with E-state index < -0.39 is 0 Å². The van der Waals surface area contributed by atoms with E-state index in [9.17, 15) is 4.79 Å². The highest BCUT2D eigenvalue weighted by molar-refractivity contribution is 7.99. The summed E-state index contributed by atoms with van der Waals surface area (Å²) in [5.74, 6) is 0.758. The molecule has 2 aromatic rings. The predicted molar refractivity (Wildman–Crippen MR) is 95.3 cm³/mol. The van der Waals surface area contributed by atoms with Crippen LogP contribution in [0.2, 0.25) is 5.02 Å². The third kappa shape index (κ3) is 3.64. The van der Waals surface area contributed by atoms with Crippen LogP contribution < -0.4 is 0 Å². The van der Waals surface area contributed by atoms with Gasteiger partial charge in [0.25, 0.3) is 0 Å². The van der Waals surface area contributed by atoms with E-state index in [2.05, 4.69) is 9.97 Å². The molecule has 0 spiro atoms. The number of carbonyl (C=O) groups excluding carboxylic acids is 1. The van der Waals surface area contributed by atoms with E-state index in [1.165, 1.54) is 18.2 Å². The molecular formula is C18H21ClN2OS. The van der Waals surface area contributed by atoms with Crippen LogP contribution in [0.5, 0.6) is 0 Å². The van der Waals surface area contributed by atoms with Crippen molar-refractivity contribution < 1.29 is 4.79 Å². The van der Waals surface area contributed by atoms with Gasteiger partial charge in [-0.15, -0.1) is 0 Å². The first-order valence-corrected chi connectivity index (χ1v) is 9.41. The molecule has 0 bridgehead atoms. The lowest BCUT2D eigenvalue weighted by Gasteiger charge is -2.36. The molecule has 23 heavy (non-hydrogen) atoms. The second-order valence-corrected chi connectivity index (χ2v) is 7.61. The number of halogens is 1. The number of aromatic amines is 1. The molecule has 1 aromatic carbocycles. The zero-order chi connectivity index (χ0) is 16.3. The van der Waals surface area contributed by atoms with Crippen LogP contribution in [0.25, 0.3) is 0 Å². The van der Waals surface area contributed by atoms with Gasteiger partial charge in [0, 0.05) is 11.2 Å². The summed E-state index contributed by atoms with van der Waals surface area (Å²) in [6, 6.07) is 7.83. The molecule has 1 fully saturated rings. The second-order valence-electron chi connectivity index (χ2n) is 6.21. The summed E-state index contributed by atoms with van der Waals surface area (Å²) in [6.07, 6.45) is 7.17. The molecular weight excluding hydrogens is 328 g/mol. The van der Waals surface area contributed by atoms with Crippen molar-refractivity contribution in [3.8, 4) is 0 Å². The Balaban J connectivity index is 1.80. The third-order valence-corrected chi connectivity index (χ3v) is 5.80. The molecule has 0 radical (unpaired) electrons. The smallest absolute Gasteiger partial charge is 0.165 e. The average molecular weight is 349 g/mol. The second kappa shape index (κ2) is 7.10. The number of benzene rings is 1. The van der Waals surface area contributed by atoms with Crippen molar-refractivity contribution in [1.82, 2.24) is 9.97 Å². The summed E-state index contributed by atoms with van der Waals surface area (Å²) in [7, 11) is 0. The molecule has 0 amide bonds. The van der Waals surface area contributed by atoms with Crippen molar-refractivity contribution in [1.29, 1.82) is 0 Å². The average Bonchev–Trinajstić information content (AvgIpc) is 2.99. The number of ketones is 1. The number of thioether (sulfide) groups is 1. The highest BCUT2D eigenvalue weighted by Crippen LogP contribution is 2.41. The number of aromatic nitrogens is 2. The van der Waals surface area contributed by atoms with E-state index in [0.29, 0.717) is 16.6 Å². The van der Waals surface area contributed by atoms with Gasteiger partial charge in [-0.3, -0.25) is 4.79 Å². The Morgan fingerprint density at radius 2 is 1.96 bits per heavy atom. The minimum atomic E-state index is -0.350. The van der Waals surface area contributed by atoms with Gasteiger partial charge in [-0.2, -0.15) is 0 Å². The van der Waals surface area contributed by atoms with Crippen molar-refractivity contribution in [2.45, 2.75) is 49.6 Å². The summed E-state index contributed by atoms with van der Waals surface area (Å²) in [5, 5.41) is 1.53. The molecule has 1 aliphatic carbocycles. The molecule has 0 unspecified atom stereocenters. The summed E-state index contributed by atoms with van der Waals surface area (Å²) in [4.78, 5) is 20.6. The lowest BCUT2D eigenvalue weighted by molar-refractivity contribution is -0.123. The van der Waals surface area contributed by atoms with Gasteiger partial charge >= 0.3 is 0 Å². The number of nitrogens with one attached hydrogen (secondary N) is 1. The summed E-state index contributed by atoms with van der Waals surface area (Å²) in [5.41, 5.74) is 1.71. The van der Waals surface area contributed by atoms with E-state index in [4.69, 9.17) is 11.6 Å². The number of aryl methyl sites for hydroxylation is 1. The molecule has 0 atom stereocenters. The van der Waals surface area contributed by atoms with E-state index in [1.54, 1.807) is 0 Å². The molecule has 3 rings (SSSR count). The van der Waals surface area contributed by atoms with Crippen LogP contribution >= 0.6 is 23.4 Å². The first-order chi connectivity index (χ1) is 11.1. The quantitative estimate of drug-likeness (QED) is 0.779. The fourth-order valence-corrected chi connectivity index (χ4v) is 4.41. The number of H-pyrrole nitrogens is 1. The molecule has 1 aliphatic rings. The van der Waals surface area contributed by atoms with Gasteiger partial charge in [0.15, 0.2) is 10.9 Å². The fraction of sp³-hybridized carbons (Fsp3) is 0.444. The van der Waals surface area contributed by atoms with Gasteiger partial charge in [-0.25, -0.2) is 4.98 Å². The molecule has 1 heterocycles. The van der Waals surface area contributed by atoms with E-state index in [-0.39, 0.29) is 5.41 Å². The van der Waals surface area contributed by atoms with E-state index in [0.717, 1.165) is 42.1 Å². The summed E-state index contributed by atoms with van der Waals surface area (Å²) < 4.78 is 0. The Labute approximate surface area is 146 Å². The Hall–Kier alpha value is -1.26. The first kappa shape index (κ1) is 16.6. The topological polar surface area (TPSA) is 45.8 Å². The number of nitrogens with zero attached hydrogens (tertiary/aromatic N) is 1. The molecule has 1 saturated carbocycles. The lowest BCUT2D eigenvalue weighted by atomic mass is 9.67. The highest BCUT2D eigenvalue weighted by atomic mass is 35.5. The number of imidazole rings is 1. The third-order valence-electron chi connectivity index (χ3n) is 4.66. The van der Waals surface area contributed by atoms with Crippen LogP contribution in [0.3, 0.4) is 0 Å². The Morgan fingerprint density at radius 1 is 1.26 bits per heavy atom. The molecule has 1 aromatic heterocycles. The monoisotopic (exact) mass is 348 g/mol. The van der Waals surface area contributed by atoms with Crippen molar-refractivity contribution in [3.05, 3.63) is 46.7 Å². The van der Waals surface area contributed by atoms with Crippen LogP contribution in [0.4, 0.5) is 0 Å². The number of hydrogen-bond acceptors (Lipinski definition) is 3. The van der Waals surface area contributed by atoms with Crippen molar-refractivity contribution >= 4 is 29.1 Å². The normalized spacial score (nSPS) is 17.1. The highest BCUT2D eigenvalue weighted by Gasteiger charge is 2.40. The number of Topliss-reactive ketones (excluding diaryl/α,β-unsaturated/α-hetero) is 1. The summed E-state index contributed by atoms with van der Waals surface area (Å²) in [6.45, 7) is 1.94. The maximum atomic E-state index is 13.1. The molecule has 0 saturated heterocycles. The van der Waals surface area contributed by atoms with Gasteiger partial charge in [0.2, 0.25) is 0 Å². The molecule has 1 N–H and O–H groups in total. The molecule has 5 heteroatoms. The minimum Gasteiger partial charge on any atom is -0.339 e. The number of rotatable bonds is 5. The Bertz CT molecular complexity index is 675. The maximum absolute atomic E-state index is 13.1. The number of carbonyl (C=O) groups is 1. The first-order valence-electron chi connectivity index (χ1n) is 8.04. The Kier molecular flexibility index (Phi) is 5.12. The van der Waals surface area contributed by atoms with Crippen LogP contribution in [0.1, 0.15) is 43.4 Å². The standard InChI is InChI=1S/C18H21ClN2OS/c1-13-11-20-17(21-13)23-12-16(22)18(9-3-2-4-10-18)14-5-7-15(19)8-6-14/h5-8,11H,2-4,9-10,12H2,1H3,(H,20,21). The van der Waals surface area contributed by atoms with E-state index in [1.807, 2.05) is 37.4 Å². The SMILES string of the molecule is Cc1c[nH]c(SCC(=O)C2(c3ccc(Cl)cc3)CCCCC2)n1. The minimum absolute atomic E-state index is 0.304. The molecule has 122 valence electrons. The molecule has 0 aliphatic heterocycles. The van der Waals surface area contributed by atoms with Gasteiger partial charge in [0.05, 0.1) is 16.9 Å². The largest absolute Gasteiger partial charge is 0.339 e. The van der Waals surface area contributed by atoms with Crippen LogP contribution in [-0.2, 0) is 10.2 Å². The van der Waals surface area contributed by atoms with Crippen molar-refractivity contribution in [3.63, 3.8) is 0 Å². The Morgan fingerprint density at radius 3 is 2.57 bits per heavy atom. The fourth-order valence-electron chi connectivity index (χ4n) is 3.39. The van der Waals surface area contributed by atoms with Crippen LogP contribution in [0, 0.1) is 6.92 Å². The summed E-state index contributed by atoms with van der Waals surface area (Å²) >= 11 is 7.51. The van der Waals surface area contributed by atoms with Gasteiger partial charge in [-0.1, -0.05) is 54.8 Å².